The minimum absolute atomic E-state index is 0.637. The topological polar surface area (TPSA) is 38.5 Å². The standard InChI is InChI=1S/C15H24N2O/c1-3-6-12-7-4-5-10-17(12)15-11-13(18-2)8-9-14(15)16/h8-9,11-12H,3-7,10,16H2,1-2H3. The number of hydrogen-bond donors (Lipinski definition) is 1. The highest BCUT2D eigenvalue weighted by Gasteiger charge is 2.23. The van der Waals surface area contributed by atoms with Crippen LogP contribution in [0, 0.1) is 0 Å². The number of ether oxygens (including phenoxy) is 1. The van der Waals surface area contributed by atoms with Crippen molar-refractivity contribution in [1.29, 1.82) is 0 Å². The molecule has 1 aliphatic heterocycles. The maximum atomic E-state index is 6.14. The van der Waals surface area contributed by atoms with Gasteiger partial charge in [0.15, 0.2) is 0 Å². The van der Waals surface area contributed by atoms with E-state index in [2.05, 4.69) is 17.9 Å². The van der Waals surface area contributed by atoms with Crippen LogP contribution in [-0.4, -0.2) is 19.7 Å². The molecular formula is C15H24N2O. The predicted octanol–water partition coefficient (Wildman–Crippen LogP) is 3.44. The fourth-order valence-corrected chi connectivity index (χ4v) is 2.85. The molecular weight excluding hydrogens is 224 g/mol. The maximum Gasteiger partial charge on any atom is 0.121 e. The van der Waals surface area contributed by atoms with Crippen LogP contribution in [0.15, 0.2) is 18.2 Å². The van der Waals surface area contributed by atoms with Gasteiger partial charge in [0.2, 0.25) is 0 Å². The number of nitrogens with zero attached hydrogens (tertiary/aromatic N) is 1. The van der Waals surface area contributed by atoms with E-state index in [0.29, 0.717) is 6.04 Å². The molecule has 2 rings (SSSR count). The number of benzene rings is 1. The van der Waals surface area contributed by atoms with Gasteiger partial charge in [0.25, 0.3) is 0 Å². The van der Waals surface area contributed by atoms with E-state index in [1.807, 2.05) is 12.1 Å². The molecule has 1 heterocycles. The first-order valence-corrected chi connectivity index (χ1v) is 6.96. The van der Waals surface area contributed by atoms with Crippen molar-refractivity contribution < 1.29 is 4.74 Å². The zero-order chi connectivity index (χ0) is 13.0. The summed E-state index contributed by atoms with van der Waals surface area (Å²) in [6.45, 7) is 3.36. The summed E-state index contributed by atoms with van der Waals surface area (Å²) in [5.41, 5.74) is 8.14. The molecule has 1 unspecified atom stereocenters. The van der Waals surface area contributed by atoms with Crippen molar-refractivity contribution in [2.45, 2.75) is 45.1 Å². The highest BCUT2D eigenvalue weighted by molar-refractivity contribution is 5.70. The Morgan fingerprint density at radius 3 is 2.94 bits per heavy atom. The molecule has 0 aliphatic carbocycles. The molecule has 3 heteroatoms. The van der Waals surface area contributed by atoms with Gasteiger partial charge in [-0.3, -0.25) is 0 Å². The molecule has 0 bridgehead atoms. The molecule has 0 amide bonds. The van der Waals surface area contributed by atoms with E-state index in [-0.39, 0.29) is 0 Å². The van der Waals surface area contributed by atoms with E-state index < -0.39 is 0 Å². The van der Waals surface area contributed by atoms with Gasteiger partial charge in [-0.1, -0.05) is 13.3 Å². The quantitative estimate of drug-likeness (QED) is 0.830. The monoisotopic (exact) mass is 248 g/mol. The minimum atomic E-state index is 0.637. The van der Waals surface area contributed by atoms with Gasteiger partial charge in [-0.2, -0.15) is 0 Å². The third kappa shape index (κ3) is 2.71. The summed E-state index contributed by atoms with van der Waals surface area (Å²) in [6.07, 6.45) is 6.36. The van der Waals surface area contributed by atoms with Gasteiger partial charge in [-0.25, -0.2) is 0 Å². The fraction of sp³-hybridized carbons (Fsp3) is 0.600. The van der Waals surface area contributed by atoms with Gasteiger partial charge < -0.3 is 15.4 Å². The molecule has 0 saturated carbocycles. The Balaban J connectivity index is 2.26. The second-order valence-electron chi connectivity index (χ2n) is 5.06. The SMILES string of the molecule is CCCC1CCCCN1c1cc(OC)ccc1N. The van der Waals surface area contributed by atoms with Crippen LogP contribution in [0.4, 0.5) is 11.4 Å². The van der Waals surface area contributed by atoms with Crippen LogP contribution in [-0.2, 0) is 0 Å². The zero-order valence-electron chi connectivity index (χ0n) is 11.5. The molecule has 18 heavy (non-hydrogen) atoms. The molecule has 0 radical (unpaired) electrons. The zero-order valence-corrected chi connectivity index (χ0v) is 11.5. The van der Waals surface area contributed by atoms with Crippen molar-refractivity contribution in [2.75, 3.05) is 24.3 Å². The largest absolute Gasteiger partial charge is 0.497 e. The predicted molar refractivity (Wildman–Crippen MR) is 77.3 cm³/mol. The van der Waals surface area contributed by atoms with Gasteiger partial charge in [-0.15, -0.1) is 0 Å². The summed E-state index contributed by atoms with van der Waals surface area (Å²) < 4.78 is 5.31. The molecule has 0 aromatic heterocycles. The Kier molecular flexibility index (Phi) is 4.34. The first-order chi connectivity index (χ1) is 8.76. The van der Waals surface area contributed by atoms with Crippen molar-refractivity contribution in [3.8, 4) is 5.75 Å². The van der Waals surface area contributed by atoms with E-state index >= 15 is 0 Å². The second-order valence-corrected chi connectivity index (χ2v) is 5.06. The fourth-order valence-electron chi connectivity index (χ4n) is 2.85. The third-order valence-electron chi connectivity index (χ3n) is 3.80. The number of hydrogen-bond acceptors (Lipinski definition) is 3. The van der Waals surface area contributed by atoms with E-state index in [1.54, 1.807) is 7.11 Å². The Morgan fingerprint density at radius 1 is 1.39 bits per heavy atom. The number of methoxy groups -OCH3 is 1. The average molecular weight is 248 g/mol. The molecule has 2 N–H and O–H groups in total. The molecule has 1 fully saturated rings. The van der Waals surface area contributed by atoms with Crippen LogP contribution in [0.5, 0.6) is 5.75 Å². The summed E-state index contributed by atoms with van der Waals surface area (Å²) in [6, 6.07) is 6.59. The minimum Gasteiger partial charge on any atom is -0.497 e. The Morgan fingerprint density at radius 2 is 2.22 bits per heavy atom. The summed E-state index contributed by atoms with van der Waals surface area (Å²) in [5, 5.41) is 0. The summed E-state index contributed by atoms with van der Waals surface area (Å²) in [4.78, 5) is 2.48. The molecule has 3 nitrogen and oxygen atoms in total. The summed E-state index contributed by atoms with van der Waals surface area (Å²) in [7, 11) is 1.70. The Bertz CT molecular complexity index is 390. The van der Waals surface area contributed by atoms with E-state index in [1.165, 1.54) is 32.1 Å². The second kappa shape index (κ2) is 5.98. The number of rotatable bonds is 4. The molecule has 1 atom stereocenters. The number of anilines is 2. The van der Waals surface area contributed by atoms with Crippen molar-refractivity contribution in [3.05, 3.63) is 18.2 Å². The lowest BCUT2D eigenvalue weighted by atomic mass is 9.97. The van der Waals surface area contributed by atoms with E-state index in [0.717, 1.165) is 23.7 Å². The van der Waals surface area contributed by atoms with Crippen LogP contribution >= 0.6 is 0 Å². The molecule has 1 aromatic rings. The van der Waals surface area contributed by atoms with Gasteiger partial charge >= 0.3 is 0 Å². The first kappa shape index (κ1) is 13.1. The molecule has 1 aromatic carbocycles. The highest BCUT2D eigenvalue weighted by atomic mass is 16.5. The van der Waals surface area contributed by atoms with E-state index in [4.69, 9.17) is 10.5 Å². The van der Waals surface area contributed by atoms with Crippen LogP contribution < -0.4 is 15.4 Å². The van der Waals surface area contributed by atoms with Crippen molar-refractivity contribution in [1.82, 2.24) is 0 Å². The highest BCUT2D eigenvalue weighted by Crippen LogP contribution is 2.34. The smallest absolute Gasteiger partial charge is 0.121 e. The molecule has 100 valence electrons. The van der Waals surface area contributed by atoms with Gasteiger partial charge in [0.05, 0.1) is 18.5 Å². The number of piperidine rings is 1. The first-order valence-electron chi connectivity index (χ1n) is 6.96. The lowest BCUT2D eigenvalue weighted by Crippen LogP contribution is -2.39. The van der Waals surface area contributed by atoms with Crippen LogP contribution in [0.2, 0.25) is 0 Å². The van der Waals surface area contributed by atoms with Crippen molar-refractivity contribution in [3.63, 3.8) is 0 Å². The normalized spacial score (nSPS) is 19.9. The summed E-state index contributed by atoms with van der Waals surface area (Å²) >= 11 is 0. The lowest BCUT2D eigenvalue weighted by molar-refractivity contribution is 0.412. The van der Waals surface area contributed by atoms with Crippen LogP contribution in [0.1, 0.15) is 39.0 Å². The lowest BCUT2D eigenvalue weighted by Gasteiger charge is -2.38. The third-order valence-corrected chi connectivity index (χ3v) is 3.80. The van der Waals surface area contributed by atoms with Crippen LogP contribution in [0.3, 0.4) is 0 Å². The summed E-state index contributed by atoms with van der Waals surface area (Å²) in [5.74, 6) is 0.889. The molecule has 0 spiro atoms. The number of nitrogen functional groups attached to an aromatic ring is 1. The average Bonchev–Trinajstić information content (AvgIpc) is 2.41. The van der Waals surface area contributed by atoms with Crippen molar-refractivity contribution in [2.24, 2.45) is 0 Å². The van der Waals surface area contributed by atoms with Gasteiger partial charge in [0, 0.05) is 18.7 Å². The molecule has 1 saturated heterocycles. The van der Waals surface area contributed by atoms with E-state index in [9.17, 15) is 0 Å². The van der Waals surface area contributed by atoms with Crippen LogP contribution in [0.25, 0.3) is 0 Å². The Labute approximate surface area is 110 Å². The van der Waals surface area contributed by atoms with Gasteiger partial charge in [-0.05, 0) is 37.8 Å². The molecule has 1 aliphatic rings. The van der Waals surface area contributed by atoms with Gasteiger partial charge in [0.1, 0.15) is 5.75 Å². The maximum absolute atomic E-state index is 6.14. The van der Waals surface area contributed by atoms with Crippen molar-refractivity contribution >= 4 is 11.4 Å². The Hall–Kier alpha value is -1.38. The number of nitrogens with two attached hydrogens (primary N) is 1.